The summed E-state index contributed by atoms with van der Waals surface area (Å²) in [5.74, 6) is 2.21. The van der Waals surface area contributed by atoms with Crippen molar-refractivity contribution in [2.45, 2.75) is 38.7 Å². The zero-order valence-corrected chi connectivity index (χ0v) is 12.5. The first kappa shape index (κ1) is 14.0. The van der Waals surface area contributed by atoms with Crippen LogP contribution >= 0.6 is 11.6 Å². The summed E-state index contributed by atoms with van der Waals surface area (Å²) in [6.07, 6.45) is 3.78. The van der Waals surface area contributed by atoms with E-state index >= 15 is 0 Å². The first-order valence-electron chi connectivity index (χ1n) is 7.44. The summed E-state index contributed by atoms with van der Waals surface area (Å²) in [6, 6.07) is 3.64. The highest BCUT2D eigenvalue weighted by Gasteiger charge is 2.32. The second kappa shape index (κ2) is 5.82. The van der Waals surface area contributed by atoms with Crippen molar-refractivity contribution in [3.8, 4) is 11.5 Å². The van der Waals surface area contributed by atoms with Crippen LogP contribution in [-0.4, -0.2) is 18.3 Å². The van der Waals surface area contributed by atoms with Gasteiger partial charge in [-0.3, -0.25) is 0 Å². The van der Waals surface area contributed by atoms with Crippen LogP contribution in [0, 0.1) is 11.8 Å². The molecule has 0 radical (unpaired) electrons. The SMILES string of the molecule is CC1CCCC1C(O)c1cc2c(cc1Cl)OCCCO2. The van der Waals surface area contributed by atoms with Crippen molar-refractivity contribution >= 4 is 11.6 Å². The van der Waals surface area contributed by atoms with Crippen molar-refractivity contribution in [2.75, 3.05) is 13.2 Å². The van der Waals surface area contributed by atoms with Crippen LogP contribution in [0.3, 0.4) is 0 Å². The van der Waals surface area contributed by atoms with Gasteiger partial charge < -0.3 is 14.6 Å². The van der Waals surface area contributed by atoms with Crippen LogP contribution in [0.2, 0.25) is 5.02 Å². The van der Waals surface area contributed by atoms with E-state index in [0.717, 1.165) is 18.4 Å². The van der Waals surface area contributed by atoms with Crippen LogP contribution in [0.5, 0.6) is 11.5 Å². The average Bonchev–Trinajstić information content (AvgIpc) is 2.72. The molecular weight excluding hydrogens is 276 g/mol. The number of halogens is 1. The van der Waals surface area contributed by atoms with Gasteiger partial charge in [0.2, 0.25) is 0 Å². The van der Waals surface area contributed by atoms with E-state index in [9.17, 15) is 5.11 Å². The van der Waals surface area contributed by atoms with Gasteiger partial charge in [-0.05, 0) is 24.3 Å². The normalized spacial score (nSPS) is 27.1. The second-order valence-electron chi connectivity index (χ2n) is 5.89. The summed E-state index contributed by atoms with van der Waals surface area (Å²) in [7, 11) is 0. The maximum atomic E-state index is 10.7. The van der Waals surface area contributed by atoms with E-state index in [1.807, 2.05) is 6.07 Å². The van der Waals surface area contributed by atoms with Gasteiger partial charge in [0.1, 0.15) is 0 Å². The first-order chi connectivity index (χ1) is 9.66. The van der Waals surface area contributed by atoms with Gasteiger partial charge in [-0.1, -0.05) is 31.4 Å². The number of rotatable bonds is 2. The van der Waals surface area contributed by atoms with Crippen LogP contribution in [0.15, 0.2) is 12.1 Å². The lowest BCUT2D eigenvalue weighted by atomic mass is 9.88. The van der Waals surface area contributed by atoms with Gasteiger partial charge in [0.25, 0.3) is 0 Å². The van der Waals surface area contributed by atoms with Gasteiger partial charge in [-0.25, -0.2) is 0 Å². The molecule has 110 valence electrons. The Bertz CT molecular complexity index is 489. The molecule has 1 saturated carbocycles. The summed E-state index contributed by atoms with van der Waals surface area (Å²) in [4.78, 5) is 0. The highest BCUT2D eigenvalue weighted by atomic mass is 35.5. The lowest BCUT2D eigenvalue weighted by Gasteiger charge is -2.24. The van der Waals surface area contributed by atoms with Crippen LogP contribution < -0.4 is 9.47 Å². The summed E-state index contributed by atoms with van der Waals surface area (Å²) >= 11 is 6.34. The third-order valence-corrected chi connectivity index (χ3v) is 4.85. The fraction of sp³-hybridized carbons (Fsp3) is 0.625. The Kier molecular flexibility index (Phi) is 4.08. The van der Waals surface area contributed by atoms with E-state index in [4.69, 9.17) is 21.1 Å². The minimum atomic E-state index is -0.517. The number of ether oxygens (including phenoxy) is 2. The number of hydrogen-bond acceptors (Lipinski definition) is 3. The molecule has 3 nitrogen and oxygen atoms in total. The largest absolute Gasteiger partial charge is 0.490 e. The zero-order chi connectivity index (χ0) is 14.1. The standard InChI is InChI=1S/C16H21ClO3/c1-10-4-2-5-11(10)16(18)12-8-14-15(9-13(12)17)20-7-3-6-19-14/h8-11,16,18H,2-7H2,1H3. The molecule has 2 aliphatic rings. The molecule has 1 aromatic rings. The molecule has 20 heavy (non-hydrogen) atoms. The Balaban J connectivity index is 1.91. The molecule has 3 atom stereocenters. The van der Waals surface area contributed by atoms with Crippen molar-refractivity contribution in [3.63, 3.8) is 0 Å². The van der Waals surface area contributed by atoms with Crippen LogP contribution in [0.25, 0.3) is 0 Å². The number of fused-ring (bicyclic) bond motifs is 1. The zero-order valence-electron chi connectivity index (χ0n) is 11.8. The molecule has 1 aliphatic carbocycles. The minimum Gasteiger partial charge on any atom is -0.490 e. The molecule has 1 heterocycles. The van der Waals surface area contributed by atoms with Crippen LogP contribution in [0.4, 0.5) is 0 Å². The minimum absolute atomic E-state index is 0.289. The van der Waals surface area contributed by atoms with Crippen molar-refractivity contribution < 1.29 is 14.6 Å². The molecule has 0 aromatic heterocycles. The fourth-order valence-corrected chi connectivity index (χ4v) is 3.57. The molecule has 1 N–H and O–H groups in total. The highest BCUT2D eigenvalue weighted by Crippen LogP contribution is 2.44. The molecule has 3 unspecified atom stereocenters. The fourth-order valence-electron chi connectivity index (χ4n) is 3.30. The van der Waals surface area contributed by atoms with Crippen molar-refractivity contribution in [2.24, 2.45) is 11.8 Å². The van der Waals surface area contributed by atoms with Gasteiger partial charge in [0.05, 0.1) is 24.3 Å². The second-order valence-corrected chi connectivity index (χ2v) is 6.30. The third kappa shape index (κ3) is 2.61. The lowest BCUT2D eigenvalue weighted by molar-refractivity contribution is 0.0898. The van der Waals surface area contributed by atoms with Gasteiger partial charge in [-0.2, -0.15) is 0 Å². The molecule has 1 aromatic carbocycles. The molecule has 0 spiro atoms. The molecule has 0 amide bonds. The van der Waals surface area contributed by atoms with E-state index in [0.29, 0.717) is 35.7 Å². The molecular formula is C16H21ClO3. The number of aliphatic hydroxyl groups is 1. The summed E-state index contributed by atoms with van der Waals surface area (Å²) in [6.45, 7) is 3.49. The van der Waals surface area contributed by atoms with E-state index in [-0.39, 0.29) is 5.92 Å². The highest BCUT2D eigenvalue weighted by molar-refractivity contribution is 6.31. The third-order valence-electron chi connectivity index (χ3n) is 4.52. The number of aliphatic hydroxyl groups excluding tert-OH is 1. The predicted octanol–water partition coefficient (Wildman–Crippen LogP) is 3.97. The Morgan fingerprint density at radius 2 is 1.85 bits per heavy atom. The van der Waals surface area contributed by atoms with Crippen molar-refractivity contribution in [1.29, 1.82) is 0 Å². The monoisotopic (exact) mass is 296 g/mol. The van der Waals surface area contributed by atoms with Crippen molar-refractivity contribution in [3.05, 3.63) is 22.7 Å². The Hall–Kier alpha value is -0.930. The van der Waals surface area contributed by atoms with Gasteiger partial charge in [0.15, 0.2) is 11.5 Å². The molecule has 1 aliphatic heterocycles. The Morgan fingerprint density at radius 3 is 2.50 bits per heavy atom. The number of hydrogen-bond donors (Lipinski definition) is 1. The van der Waals surface area contributed by atoms with E-state index < -0.39 is 6.10 Å². The molecule has 0 bridgehead atoms. The first-order valence-corrected chi connectivity index (χ1v) is 7.81. The maximum absolute atomic E-state index is 10.7. The average molecular weight is 297 g/mol. The Morgan fingerprint density at radius 1 is 1.15 bits per heavy atom. The molecule has 1 fully saturated rings. The smallest absolute Gasteiger partial charge is 0.162 e. The molecule has 4 heteroatoms. The predicted molar refractivity (Wildman–Crippen MR) is 78.5 cm³/mol. The number of benzene rings is 1. The summed E-state index contributed by atoms with van der Waals surface area (Å²) in [5.41, 5.74) is 0.773. The lowest BCUT2D eigenvalue weighted by Crippen LogP contribution is -2.15. The molecule has 0 saturated heterocycles. The quantitative estimate of drug-likeness (QED) is 0.897. The van der Waals surface area contributed by atoms with Crippen LogP contribution in [0.1, 0.15) is 44.3 Å². The Labute approximate surface area is 124 Å². The van der Waals surface area contributed by atoms with Gasteiger partial charge in [0, 0.05) is 18.1 Å². The summed E-state index contributed by atoms with van der Waals surface area (Å²) < 4.78 is 11.3. The van der Waals surface area contributed by atoms with E-state index in [2.05, 4.69) is 6.92 Å². The van der Waals surface area contributed by atoms with Crippen molar-refractivity contribution in [1.82, 2.24) is 0 Å². The summed E-state index contributed by atoms with van der Waals surface area (Å²) in [5, 5.41) is 11.2. The molecule has 3 rings (SSSR count). The van der Waals surface area contributed by atoms with Crippen LogP contribution in [-0.2, 0) is 0 Å². The van der Waals surface area contributed by atoms with E-state index in [1.165, 1.54) is 12.8 Å². The topological polar surface area (TPSA) is 38.7 Å². The van der Waals surface area contributed by atoms with Gasteiger partial charge in [-0.15, -0.1) is 0 Å². The van der Waals surface area contributed by atoms with Gasteiger partial charge >= 0.3 is 0 Å². The van der Waals surface area contributed by atoms with E-state index in [1.54, 1.807) is 6.07 Å². The maximum Gasteiger partial charge on any atom is 0.162 e.